The van der Waals surface area contributed by atoms with Crippen LogP contribution in [-0.4, -0.2) is 22.6 Å². The van der Waals surface area contributed by atoms with Crippen molar-refractivity contribution in [3.63, 3.8) is 0 Å². The molecule has 20 heavy (non-hydrogen) atoms. The molecule has 0 fully saturated rings. The lowest BCUT2D eigenvalue weighted by atomic mass is 10.3. The number of hydrogen-bond donors (Lipinski definition) is 1. The fourth-order valence-corrected chi connectivity index (χ4v) is 1.71. The predicted octanol–water partition coefficient (Wildman–Crippen LogP) is 1.35. The van der Waals surface area contributed by atoms with Crippen molar-refractivity contribution in [3.05, 3.63) is 52.1 Å². The van der Waals surface area contributed by atoms with E-state index in [0.29, 0.717) is 5.82 Å². The van der Waals surface area contributed by atoms with Gasteiger partial charge in [-0.25, -0.2) is 4.98 Å². The maximum atomic E-state index is 12.1. The summed E-state index contributed by atoms with van der Waals surface area (Å²) in [4.78, 5) is 27.9. The summed E-state index contributed by atoms with van der Waals surface area (Å²) in [5, 5.41) is 2.64. The molecule has 2 rings (SSSR count). The number of anilines is 1. The predicted molar refractivity (Wildman–Crippen MR) is 75.2 cm³/mol. The number of amides is 1. The molecule has 0 unspecified atom stereocenters. The molecule has 2 aromatic rings. The quantitative estimate of drug-likeness (QED) is 0.916. The molecule has 0 saturated heterocycles. The summed E-state index contributed by atoms with van der Waals surface area (Å²) in [6, 6.07) is 4.78. The van der Waals surface area contributed by atoms with Gasteiger partial charge in [-0.2, -0.15) is 0 Å². The van der Waals surface area contributed by atoms with Crippen molar-refractivity contribution in [2.24, 2.45) is 7.05 Å². The number of rotatable bonds is 3. The summed E-state index contributed by atoms with van der Waals surface area (Å²) < 4.78 is 6.45. The Balaban J connectivity index is 2.27. The lowest BCUT2D eigenvalue weighted by Crippen LogP contribution is -2.21. The van der Waals surface area contributed by atoms with Crippen LogP contribution < -0.4 is 15.5 Å². The van der Waals surface area contributed by atoms with Crippen LogP contribution in [0.3, 0.4) is 0 Å². The number of nitrogens with one attached hydrogen (secondary N) is 1. The van der Waals surface area contributed by atoms with E-state index in [-0.39, 0.29) is 16.9 Å². The molecule has 0 aliphatic heterocycles. The zero-order chi connectivity index (χ0) is 14.7. The van der Waals surface area contributed by atoms with Crippen LogP contribution in [-0.2, 0) is 7.05 Å². The molecule has 0 aromatic carbocycles. The zero-order valence-electron chi connectivity index (χ0n) is 11.5. The Labute approximate surface area is 116 Å². The molecule has 0 radical (unpaired) electrons. The summed E-state index contributed by atoms with van der Waals surface area (Å²) >= 11 is 0. The topological polar surface area (TPSA) is 73.2 Å². The summed E-state index contributed by atoms with van der Waals surface area (Å²) in [7, 11) is 3.08. The Hall–Kier alpha value is -2.63. The summed E-state index contributed by atoms with van der Waals surface area (Å²) in [5.41, 5.74) is 0.894. The first kappa shape index (κ1) is 13.8. The van der Waals surface area contributed by atoms with Crippen molar-refractivity contribution >= 4 is 11.7 Å². The number of carbonyl (C=O) groups excluding carboxylic acids is 1. The van der Waals surface area contributed by atoms with Gasteiger partial charge in [0.2, 0.25) is 5.43 Å². The molecule has 1 N–H and O–H groups in total. The molecule has 0 atom stereocenters. The summed E-state index contributed by atoms with van der Waals surface area (Å²) in [6.45, 7) is 1.91. The van der Waals surface area contributed by atoms with Gasteiger partial charge >= 0.3 is 0 Å². The minimum Gasteiger partial charge on any atom is -0.491 e. The van der Waals surface area contributed by atoms with E-state index in [4.69, 9.17) is 4.74 Å². The second-order valence-corrected chi connectivity index (χ2v) is 4.38. The van der Waals surface area contributed by atoms with Gasteiger partial charge in [-0.3, -0.25) is 9.59 Å². The lowest BCUT2D eigenvalue weighted by molar-refractivity contribution is 0.101. The van der Waals surface area contributed by atoms with Crippen molar-refractivity contribution in [1.29, 1.82) is 0 Å². The molecule has 0 bridgehead atoms. The van der Waals surface area contributed by atoms with E-state index in [1.807, 2.05) is 13.0 Å². The van der Waals surface area contributed by atoms with E-state index >= 15 is 0 Å². The lowest BCUT2D eigenvalue weighted by Gasteiger charge is -2.10. The van der Waals surface area contributed by atoms with Gasteiger partial charge < -0.3 is 14.6 Å². The molecule has 1 amide bonds. The number of ether oxygens (including phenoxy) is 1. The first-order valence-electron chi connectivity index (χ1n) is 6.00. The van der Waals surface area contributed by atoms with Crippen molar-refractivity contribution in [1.82, 2.24) is 9.55 Å². The van der Waals surface area contributed by atoms with E-state index in [1.54, 1.807) is 19.3 Å². The van der Waals surface area contributed by atoms with Crippen molar-refractivity contribution in [3.8, 4) is 5.75 Å². The second-order valence-electron chi connectivity index (χ2n) is 4.38. The highest BCUT2D eigenvalue weighted by atomic mass is 16.5. The molecule has 2 heterocycles. The number of aryl methyl sites for hydroxylation is 2. The number of carbonyl (C=O) groups is 1. The molecule has 104 valence electrons. The first-order valence-corrected chi connectivity index (χ1v) is 6.00. The largest absolute Gasteiger partial charge is 0.491 e. The van der Waals surface area contributed by atoms with Gasteiger partial charge in [-0.05, 0) is 18.6 Å². The summed E-state index contributed by atoms with van der Waals surface area (Å²) in [5.74, 6) is 0.227. The van der Waals surface area contributed by atoms with Crippen LogP contribution in [0.25, 0.3) is 0 Å². The molecule has 6 nitrogen and oxygen atoms in total. The first-order chi connectivity index (χ1) is 9.51. The minimum atomic E-state index is -0.399. The molecular formula is C14H15N3O3. The van der Waals surface area contributed by atoms with Crippen LogP contribution in [0.15, 0.2) is 35.4 Å². The summed E-state index contributed by atoms with van der Waals surface area (Å²) in [6.07, 6.45) is 3.13. The van der Waals surface area contributed by atoms with Gasteiger partial charge in [0.25, 0.3) is 5.91 Å². The second kappa shape index (κ2) is 5.56. The zero-order valence-corrected chi connectivity index (χ0v) is 11.5. The van der Waals surface area contributed by atoms with Gasteiger partial charge in [-0.15, -0.1) is 0 Å². The SMILES string of the molecule is COc1cn(C)c(C(=O)Nc2ccc(C)cn2)cc1=O. The average molecular weight is 273 g/mol. The third-order valence-electron chi connectivity index (χ3n) is 2.81. The highest BCUT2D eigenvalue weighted by molar-refractivity contribution is 6.02. The van der Waals surface area contributed by atoms with E-state index in [2.05, 4.69) is 10.3 Å². The van der Waals surface area contributed by atoms with Gasteiger partial charge in [0, 0.05) is 19.3 Å². The van der Waals surface area contributed by atoms with E-state index in [0.717, 1.165) is 5.56 Å². The molecule has 6 heteroatoms. The van der Waals surface area contributed by atoms with E-state index < -0.39 is 5.91 Å². The standard InChI is InChI=1S/C14H15N3O3/c1-9-4-5-13(15-7-9)16-14(19)10-6-11(18)12(20-3)8-17(10)2/h4-8H,1-3H3,(H,15,16,19). The number of aromatic nitrogens is 2. The number of pyridine rings is 2. The molecular weight excluding hydrogens is 258 g/mol. The van der Waals surface area contributed by atoms with Crippen LogP contribution in [0.1, 0.15) is 16.1 Å². The third-order valence-corrected chi connectivity index (χ3v) is 2.81. The number of methoxy groups -OCH3 is 1. The normalized spacial score (nSPS) is 10.2. The number of nitrogens with zero attached hydrogens (tertiary/aromatic N) is 2. The Kier molecular flexibility index (Phi) is 3.84. The molecule has 0 aliphatic rings. The Morgan fingerprint density at radius 1 is 1.40 bits per heavy atom. The molecule has 0 saturated carbocycles. The maximum Gasteiger partial charge on any atom is 0.273 e. The van der Waals surface area contributed by atoms with Crippen molar-refractivity contribution in [2.75, 3.05) is 12.4 Å². The molecule has 0 aliphatic carbocycles. The highest BCUT2D eigenvalue weighted by Gasteiger charge is 2.12. The maximum absolute atomic E-state index is 12.1. The smallest absolute Gasteiger partial charge is 0.273 e. The van der Waals surface area contributed by atoms with Crippen molar-refractivity contribution < 1.29 is 9.53 Å². The third kappa shape index (κ3) is 2.85. The Bertz CT molecular complexity index is 690. The average Bonchev–Trinajstić information content (AvgIpc) is 2.43. The van der Waals surface area contributed by atoms with E-state index in [9.17, 15) is 9.59 Å². The van der Waals surface area contributed by atoms with Gasteiger partial charge in [-0.1, -0.05) is 6.07 Å². The fraction of sp³-hybridized carbons (Fsp3) is 0.214. The monoisotopic (exact) mass is 273 g/mol. The van der Waals surface area contributed by atoms with Crippen LogP contribution in [0, 0.1) is 6.92 Å². The fourth-order valence-electron chi connectivity index (χ4n) is 1.71. The Morgan fingerprint density at radius 3 is 2.75 bits per heavy atom. The minimum absolute atomic E-state index is 0.192. The van der Waals surface area contributed by atoms with Gasteiger partial charge in [0.15, 0.2) is 5.75 Å². The van der Waals surface area contributed by atoms with Crippen LogP contribution in [0.4, 0.5) is 5.82 Å². The van der Waals surface area contributed by atoms with Crippen LogP contribution in [0.5, 0.6) is 5.75 Å². The van der Waals surface area contributed by atoms with E-state index in [1.165, 1.54) is 23.9 Å². The molecule has 2 aromatic heterocycles. The Morgan fingerprint density at radius 2 is 2.15 bits per heavy atom. The van der Waals surface area contributed by atoms with Gasteiger partial charge in [0.1, 0.15) is 11.5 Å². The van der Waals surface area contributed by atoms with Crippen LogP contribution >= 0.6 is 0 Å². The molecule has 0 spiro atoms. The van der Waals surface area contributed by atoms with Crippen LogP contribution in [0.2, 0.25) is 0 Å². The number of hydrogen-bond acceptors (Lipinski definition) is 4. The van der Waals surface area contributed by atoms with Gasteiger partial charge in [0.05, 0.1) is 13.3 Å². The highest BCUT2D eigenvalue weighted by Crippen LogP contribution is 2.08. The van der Waals surface area contributed by atoms with Crippen molar-refractivity contribution in [2.45, 2.75) is 6.92 Å².